The normalized spacial score (nSPS) is 12.3. The van der Waals surface area contributed by atoms with Crippen LogP contribution < -0.4 is 5.32 Å². The molecule has 1 aromatic heterocycles. The van der Waals surface area contributed by atoms with Gasteiger partial charge in [-0.15, -0.1) is 0 Å². The Hall–Kier alpha value is -1.56. The van der Waals surface area contributed by atoms with Crippen molar-refractivity contribution in [3.05, 3.63) is 45.2 Å². The second kappa shape index (κ2) is 7.34. The van der Waals surface area contributed by atoms with E-state index in [4.69, 9.17) is 23.2 Å². The highest BCUT2D eigenvalue weighted by Gasteiger charge is 2.16. The molecule has 0 spiro atoms. The summed E-state index contributed by atoms with van der Waals surface area (Å²) in [7, 11) is 0. The van der Waals surface area contributed by atoms with Crippen LogP contribution in [0, 0.1) is 13.8 Å². The summed E-state index contributed by atoms with van der Waals surface area (Å²) < 4.78 is 1.74. The summed E-state index contributed by atoms with van der Waals surface area (Å²) in [5.74, 6) is -0.147. The molecule has 1 amide bonds. The quantitative estimate of drug-likeness (QED) is 0.866. The number of carbonyl (C=O) groups excluding carboxylic acids is 1. The molecule has 2 aromatic rings. The van der Waals surface area contributed by atoms with E-state index in [-0.39, 0.29) is 18.9 Å². The Morgan fingerprint density at radius 3 is 2.65 bits per heavy atom. The molecular weight excluding hydrogens is 337 g/mol. The zero-order valence-corrected chi connectivity index (χ0v) is 14.7. The molecule has 2 N–H and O–H groups in total. The summed E-state index contributed by atoms with van der Waals surface area (Å²) in [6, 6.07) is 5.27. The van der Waals surface area contributed by atoms with Crippen molar-refractivity contribution in [3.63, 3.8) is 0 Å². The molecule has 0 saturated heterocycles. The first-order valence-corrected chi connectivity index (χ1v) is 8.00. The van der Waals surface area contributed by atoms with Gasteiger partial charge in [-0.3, -0.25) is 4.79 Å². The SMILES string of the molecule is Cc1nn(-c2ccc(Cl)c(Cl)c2)c(C)c1CC(=O)NCC(C)O. The number of benzene rings is 1. The number of aliphatic hydroxyl groups excluding tert-OH is 1. The van der Waals surface area contributed by atoms with E-state index in [2.05, 4.69) is 10.4 Å². The van der Waals surface area contributed by atoms with Gasteiger partial charge in [0.1, 0.15) is 0 Å². The Balaban J connectivity index is 2.25. The van der Waals surface area contributed by atoms with E-state index in [0.29, 0.717) is 10.0 Å². The Morgan fingerprint density at radius 1 is 1.35 bits per heavy atom. The highest BCUT2D eigenvalue weighted by Crippen LogP contribution is 2.26. The number of hydrogen-bond acceptors (Lipinski definition) is 3. The van der Waals surface area contributed by atoms with Crippen LogP contribution in [-0.2, 0) is 11.2 Å². The van der Waals surface area contributed by atoms with Crippen molar-refractivity contribution in [2.75, 3.05) is 6.54 Å². The number of nitrogens with one attached hydrogen (secondary N) is 1. The maximum atomic E-state index is 12.0. The molecule has 5 nitrogen and oxygen atoms in total. The van der Waals surface area contributed by atoms with E-state index >= 15 is 0 Å². The molecule has 0 radical (unpaired) electrons. The summed E-state index contributed by atoms with van der Waals surface area (Å²) in [6.07, 6.45) is -0.355. The summed E-state index contributed by atoms with van der Waals surface area (Å²) >= 11 is 12.0. The highest BCUT2D eigenvalue weighted by atomic mass is 35.5. The topological polar surface area (TPSA) is 67.2 Å². The van der Waals surface area contributed by atoms with Crippen LogP contribution in [0.15, 0.2) is 18.2 Å². The number of carbonyl (C=O) groups is 1. The molecule has 0 bridgehead atoms. The molecule has 0 saturated carbocycles. The average Bonchev–Trinajstić information content (AvgIpc) is 2.76. The highest BCUT2D eigenvalue weighted by molar-refractivity contribution is 6.42. The molecule has 0 fully saturated rings. The second-order valence-corrected chi connectivity index (χ2v) is 6.30. The number of hydrogen-bond donors (Lipinski definition) is 2. The average molecular weight is 356 g/mol. The fourth-order valence-corrected chi connectivity index (χ4v) is 2.58. The van der Waals surface area contributed by atoms with Gasteiger partial charge in [-0.1, -0.05) is 23.2 Å². The molecule has 1 atom stereocenters. The lowest BCUT2D eigenvalue weighted by Gasteiger charge is -2.08. The molecule has 7 heteroatoms. The second-order valence-electron chi connectivity index (χ2n) is 5.49. The predicted molar refractivity (Wildman–Crippen MR) is 91.5 cm³/mol. The predicted octanol–water partition coefficient (Wildman–Crippen LogP) is 2.84. The molecule has 124 valence electrons. The third-order valence-electron chi connectivity index (χ3n) is 3.52. The van der Waals surface area contributed by atoms with Gasteiger partial charge < -0.3 is 10.4 Å². The van der Waals surface area contributed by atoms with Crippen molar-refractivity contribution < 1.29 is 9.90 Å². The van der Waals surface area contributed by atoms with Gasteiger partial charge in [-0.2, -0.15) is 5.10 Å². The number of halogens is 2. The van der Waals surface area contributed by atoms with Gasteiger partial charge in [0.25, 0.3) is 0 Å². The minimum Gasteiger partial charge on any atom is -0.392 e. The summed E-state index contributed by atoms with van der Waals surface area (Å²) in [5, 5.41) is 17.3. The monoisotopic (exact) mass is 355 g/mol. The third kappa shape index (κ3) is 4.25. The van der Waals surface area contributed by atoms with Crippen molar-refractivity contribution in [1.29, 1.82) is 0 Å². The Bertz CT molecular complexity index is 726. The van der Waals surface area contributed by atoms with Gasteiger partial charge in [-0.05, 0) is 39.0 Å². The number of aryl methyl sites for hydroxylation is 1. The van der Waals surface area contributed by atoms with Crippen molar-refractivity contribution >= 4 is 29.1 Å². The molecule has 0 aliphatic rings. The van der Waals surface area contributed by atoms with E-state index in [0.717, 1.165) is 22.6 Å². The van der Waals surface area contributed by atoms with Crippen LogP contribution in [0.1, 0.15) is 23.9 Å². The lowest BCUT2D eigenvalue weighted by atomic mass is 10.1. The summed E-state index contributed by atoms with van der Waals surface area (Å²) in [5.41, 5.74) is 3.30. The fourth-order valence-electron chi connectivity index (χ4n) is 2.28. The molecule has 0 aliphatic carbocycles. The van der Waals surface area contributed by atoms with Crippen LogP contribution in [0.4, 0.5) is 0 Å². The van der Waals surface area contributed by atoms with E-state index in [1.54, 1.807) is 23.7 Å². The third-order valence-corrected chi connectivity index (χ3v) is 4.26. The lowest BCUT2D eigenvalue weighted by Crippen LogP contribution is -2.31. The van der Waals surface area contributed by atoms with Gasteiger partial charge in [0.2, 0.25) is 5.91 Å². The fraction of sp³-hybridized carbons (Fsp3) is 0.375. The number of aliphatic hydroxyl groups is 1. The first-order valence-electron chi connectivity index (χ1n) is 7.25. The molecule has 2 rings (SSSR count). The molecule has 1 heterocycles. The lowest BCUT2D eigenvalue weighted by molar-refractivity contribution is -0.120. The Morgan fingerprint density at radius 2 is 2.04 bits per heavy atom. The van der Waals surface area contributed by atoms with Gasteiger partial charge in [0, 0.05) is 17.8 Å². The van der Waals surface area contributed by atoms with Crippen LogP contribution in [-0.4, -0.2) is 33.4 Å². The van der Waals surface area contributed by atoms with Crippen LogP contribution in [0.2, 0.25) is 10.0 Å². The van der Waals surface area contributed by atoms with Gasteiger partial charge in [0.05, 0.1) is 34.0 Å². The van der Waals surface area contributed by atoms with Crippen molar-refractivity contribution in [2.45, 2.75) is 33.3 Å². The number of amides is 1. The standard InChI is InChI=1S/C16H19Cl2N3O2/c1-9(22)8-19-16(23)7-13-10(2)20-21(11(13)3)12-4-5-14(17)15(18)6-12/h4-6,9,22H,7-8H2,1-3H3,(H,19,23). The van der Waals surface area contributed by atoms with E-state index < -0.39 is 6.10 Å². The maximum Gasteiger partial charge on any atom is 0.224 e. The largest absolute Gasteiger partial charge is 0.392 e. The van der Waals surface area contributed by atoms with E-state index in [1.165, 1.54) is 0 Å². The van der Waals surface area contributed by atoms with E-state index in [9.17, 15) is 9.90 Å². The van der Waals surface area contributed by atoms with E-state index in [1.807, 2.05) is 19.9 Å². The molecular formula is C16H19Cl2N3O2. The van der Waals surface area contributed by atoms with Crippen molar-refractivity contribution in [3.8, 4) is 5.69 Å². The first-order chi connectivity index (χ1) is 10.8. The van der Waals surface area contributed by atoms with Crippen LogP contribution in [0.5, 0.6) is 0 Å². The molecule has 1 aromatic carbocycles. The zero-order chi connectivity index (χ0) is 17.1. The molecule has 0 aliphatic heterocycles. The first kappa shape index (κ1) is 17.8. The van der Waals surface area contributed by atoms with Crippen LogP contribution in [0.25, 0.3) is 5.69 Å². The van der Waals surface area contributed by atoms with Gasteiger partial charge in [0.15, 0.2) is 0 Å². The Labute approximate surface area is 145 Å². The summed E-state index contributed by atoms with van der Waals surface area (Å²) in [6.45, 7) is 5.62. The minimum absolute atomic E-state index is 0.147. The number of rotatable bonds is 5. The van der Waals surface area contributed by atoms with Crippen LogP contribution in [0.3, 0.4) is 0 Å². The molecule has 1 unspecified atom stereocenters. The van der Waals surface area contributed by atoms with Gasteiger partial charge >= 0.3 is 0 Å². The molecule has 23 heavy (non-hydrogen) atoms. The van der Waals surface area contributed by atoms with Crippen molar-refractivity contribution in [2.24, 2.45) is 0 Å². The summed E-state index contributed by atoms with van der Waals surface area (Å²) in [4.78, 5) is 12.0. The van der Waals surface area contributed by atoms with Gasteiger partial charge in [-0.25, -0.2) is 4.68 Å². The minimum atomic E-state index is -0.569. The smallest absolute Gasteiger partial charge is 0.224 e. The zero-order valence-electron chi connectivity index (χ0n) is 13.2. The van der Waals surface area contributed by atoms with Crippen molar-refractivity contribution in [1.82, 2.24) is 15.1 Å². The number of nitrogens with zero attached hydrogens (tertiary/aromatic N) is 2. The number of aromatic nitrogens is 2. The van der Waals surface area contributed by atoms with Crippen LogP contribution >= 0.6 is 23.2 Å². The maximum absolute atomic E-state index is 12.0. The Kier molecular flexibility index (Phi) is 5.68.